The van der Waals surface area contributed by atoms with Gasteiger partial charge in [-0.05, 0) is 54.1 Å². The van der Waals surface area contributed by atoms with E-state index in [1.807, 2.05) is 34.7 Å². The van der Waals surface area contributed by atoms with Crippen LogP contribution in [0.5, 0.6) is 0 Å². The van der Waals surface area contributed by atoms with Gasteiger partial charge in [-0.1, -0.05) is 0 Å². The molecule has 114 valence electrons. The lowest BCUT2D eigenvalue weighted by molar-refractivity contribution is -0.144. The Labute approximate surface area is 121 Å². The molecule has 0 aliphatic carbocycles. The van der Waals surface area contributed by atoms with Gasteiger partial charge in [0.25, 0.3) is 11.8 Å². The van der Waals surface area contributed by atoms with Gasteiger partial charge in [-0.2, -0.15) is 0 Å². The molecule has 2 amide bonds. The van der Waals surface area contributed by atoms with Crippen molar-refractivity contribution in [3.63, 3.8) is 0 Å². The smallest absolute Gasteiger partial charge is 0.254 e. The lowest BCUT2D eigenvalue weighted by Crippen LogP contribution is -2.48. The van der Waals surface area contributed by atoms with E-state index in [9.17, 15) is 9.59 Å². The Bertz CT molecular complexity index is 382. The van der Waals surface area contributed by atoms with Crippen molar-refractivity contribution in [3.05, 3.63) is 12.2 Å². The van der Waals surface area contributed by atoms with Crippen LogP contribution < -0.4 is 5.32 Å². The maximum atomic E-state index is 11.7. The topological polar surface area (TPSA) is 58.6 Å². The first-order chi connectivity index (χ1) is 9.19. The van der Waals surface area contributed by atoms with E-state index in [0.29, 0.717) is 13.0 Å². The zero-order valence-electron chi connectivity index (χ0n) is 13.2. The quantitative estimate of drug-likeness (QED) is 0.685. The average molecular weight is 282 g/mol. The van der Waals surface area contributed by atoms with E-state index in [0.717, 1.165) is 13.0 Å². The summed E-state index contributed by atoms with van der Waals surface area (Å²) in [6.07, 6.45) is 4.17. The summed E-state index contributed by atoms with van der Waals surface area (Å²) in [6, 6.07) is 0. The van der Waals surface area contributed by atoms with E-state index < -0.39 is 5.54 Å². The molecule has 1 aliphatic heterocycles. The number of nitrogens with zero attached hydrogens (tertiary/aromatic N) is 1. The predicted octanol–water partition coefficient (Wildman–Crippen LogP) is 1.48. The van der Waals surface area contributed by atoms with Crippen molar-refractivity contribution in [1.29, 1.82) is 0 Å². The Hall–Kier alpha value is -1.20. The summed E-state index contributed by atoms with van der Waals surface area (Å²) in [5, 5.41) is 3.10. The van der Waals surface area contributed by atoms with Crippen LogP contribution in [0.4, 0.5) is 0 Å². The Morgan fingerprint density at radius 2 is 1.65 bits per heavy atom. The summed E-state index contributed by atoms with van der Waals surface area (Å²) in [6.45, 7) is 9.28. The summed E-state index contributed by atoms with van der Waals surface area (Å²) in [4.78, 5) is 24.7. The highest BCUT2D eigenvalue weighted by molar-refractivity contribution is 6.13. The van der Waals surface area contributed by atoms with Gasteiger partial charge in [-0.3, -0.25) is 14.5 Å². The van der Waals surface area contributed by atoms with Crippen LogP contribution in [0.1, 0.15) is 40.5 Å². The highest BCUT2D eigenvalue weighted by Crippen LogP contribution is 2.24. The number of carbonyl (C=O) groups is 2. The Morgan fingerprint density at radius 1 is 1.10 bits per heavy atom. The van der Waals surface area contributed by atoms with E-state index in [-0.39, 0.29) is 17.4 Å². The molecule has 0 bridgehead atoms. The maximum Gasteiger partial charge on any atom is 0.254 e. The van der Waals surface area contributed by atoms with Gasteiger partial charge in [0.15, 0.2) is 0 Å². The maximum absolute atomic E-state index is 11.7. The van der Waals surface area contributed by atoms with Crippen LogP contribution in [0.15, 0.2) is 12.2 Å². The van der Waals surface area contributed by atoms with Gasteiger partial charge in [-0.15, -0.1) is 0 Å². The van der Waals surface area contributed by atoms with E-state index in [1.165, 1.54) is 17.1 Å². The minimum atomic E-state index is -0.531. The Morgan fingerprint density at radius 3 is 2.15 bits per heavy atom. The molecule has 0 aromatic carbocycles. The van der Waals surface area contributed by atoms with Gasteiger partial charge in [-0.25, -0.2) is 0 Å². The third-order valence-corrected chi connectivity index (χ3v) is 3.60. The molecular weight excluding hydrogens is 256 g/mol. The normalized spacial score (nSPS) is 16.4. The molecule has 0 aromatic heterocycles. The molecule has 1 rings (SSSR count). The number of carbonyl (C=O) groups excluding carboxylic acids is 2. The summed E-state index contributed by atoms with van der Waals surface area (Å²) >= 11 is 0. The van der Waals surface area contributed by atoms with E-state index >= 15 is 0 Å². The lowest BCUT2D eigenvalue weighted by Gasteiger charge is -2.35. The standard InChI is InChI=1S/C15H26N2O3/c1-14(2,17-12(18)6-7-13(17)19)9-11-20-15(3,4)8-10-16-5/h6-7,16H,8-11H2,1-5H3. The van der Waals surface area contributed by atoms with Gasteiger partial charge in [0.2, 0.25) is 0 Å². The molecule has 0 unspecified atom stereocenters. The Balaban J connectivity index is 2.48. The number of imide groups is 1. The van der Waals surface area contributed by atoms with Crippen LogP contribution in [0.3, 0.4) is 0 Å². The molecule has 0 aromatic rings. The van der Waals surface area contributed by atoms with Gasteiger partial charge < -0.3 is 10.1 Å². The molecule has 0 fully saturated rings. The van der Waals surface area contributed by atoms with Crippen LogP contribution in [-0.4, -0.2) is 48.1 Å². The summed E-state index contributed by atoms with van der Waals surface area (Å²) in [5.41, 5.74) is -0.743. The molecule has 1 heterocycles. The van der Waals surface area contributed by atoms with Gasteiger partial charge in [0, 0.05) is 24.3 Å². The molecule has 0 saturated carbocycles. The second kappa shape index (κ2) is 6.50. The third-order valence-electron chi connectivity index (χ3n) is 3.60. The Kier molecular flexibility index (Phi) is 5.48. The van der Waals surface area contributed by atoms with E-state index in [1.54, 1.807) is 0 Å². The summed E-state index contributed by atoms with van der Waals surface area (Å²) in [5.74, 6) is -0.483. The zero-order chi connectivity index (χ0) is 15.4. The lowest BCUT2D eigenvalue weighted by atomic mass is 9.98. The van der Waals surface area contributed by atoms with Crippen molar-refractivity contribution in [2.45, 2.75) is 51.7 Å². The van der Waals surface area contributed by atoms with Crippen molar-refractivity contribution in [1.82, 2.24) is 10.2 Å². The number of hydrogen-bond donors (Lipinski definition) is 1. The molecule has 20 heavy (non-hydrogen) atoms. The number of hydrogen-bond acceptors (Lipinski definition) is 4. The van der Waals surface area contributed by atoms with Gasteiger partial charge >= 0.3 is 0 Å². The average Bonchev–Trinajstić information content (AvgIpc) is 2.66. The van der Waals surface area contributed by atoms with Crippen molar-refractivity contribution >= 4 is 11.8 Å². The van der Waals surface area contributed by atoms with Gasteiger partial charge in [0.1, 0.15) is 0 Å². The fraction of sp³-hybridized carbons (Fsp3) is 0.733. The first kappa shape index (κ1) is 16.9. The van der Waals surface area contributed by atoms with Crippen LogP contribution in [0.2, 0.25) is 0 Å². The number of rotatable bonds is 8. The minimum absolute atomic E-state index is 0.212. The van der Waals surface area contributed by atoms with Crippen LogP contribution >= 0.6 is 0 Å². The molecule has 5 heteroatoms. The number of nitrogens with one attached hydrogen (secondary N) is 1. The van der Waals surface area contributed by atoms with Crippen LogP contribution in [0.25, 0.3) is 0 Å². The fourth-order valence-electron chi connectivity index (χ4n) is 2.18. The minimum Gasteiger partial charge on any atom is -0.375 e. The van der Waals surface area contributed by atoms with Crippen molar-refractivity contribution < 1.29 is 14.3 Å². The monoisotopic (exact) mass is 282 g/mol. The molecule has 1 N–H and O–H groups in total. The van der Waals surface area contributed by atoms with Crippen molar-refractivity contribution in [2.24, 2.45) is 0 Å². The molecule has 5 nitrogen and oxygen atoms in total. The SMILES string of the molecule is CNCCC(C)(C)OCCC(C)(C)N1C(=O)C=CC1=O. The van der Waals surface area contributed by atoms with Crippen LogP contribution in [-0.2, 0) is 14.3 Å². The van der Waals surface area contributed by atoms with E-state index in [4.69, 9.17) is 4.74 Å². The second-order valence-corrected chi connectivity index (χ2v) is 6.37. The van der Waals surface area contributed by atoms with Gasteiger partial charge in [0.05, 0.1) is 5.60 Å². The fourth-order valence-corrected chi connectivity index (χ4v) is 2.18. The zero-order valence-corrected chi connectivity index (χ0v) is 13.2. The second-order valence-electron chi connectivity index (χ2n) is 6.37. The van der Waals surface area contributed by atoms with E-state index in [2.05, 4.69) is 5.32 Å². The molecule has 0 atom stereocenters. The van der Waals surface area contributed by atoms with Crippen LogP contribution in [0, 0.1) is 0 Å². The number of ether oxygens (including phenoxy) is 1. The highest BCUT2D eigenvalue weighted by atomic mass is 16.5. The summed E-state index contributed by atoms with van der Waals surface area (Å²) < 4.78 is 5.89. The molecule has 0 spiro atoms. The third kappa shape index (κ3) is 4.42. The number of amides is 2. The highest BCUT2D eigenvalue weighted by Gasteiger charge is 2.37. The largest absolute Gasteiger partial charge is 0.375 e. The van der Waals surface area contributed by atoms with Crippen molar-refractivity contribution in [3.8, 4) is 0 Å². The van der Waals surface area contributed by atoms with Crippen molar-refractivity contribution in [2.75, 3.05) is 20.2 Å². The first-order valence-corrected chi connectivity index (χ1v) is 7.04. The molecular formula is C15H26N2O3. The summed E-state index contributed by atoms with van der Waals surface area (Å²) in [7, 11) is 1.91. The predicted molar refractivity (Wildman–Crippen MR) is 78.3 cm³/mol. The molecule has 1 aliphatic rings. The molecule has 0 radical (unpaired) electrons. The molecule has 0 saturated heterocycles. The first-order valence-electron chi connectivity index (χ1n) is 7.04.